The van der Waals surface area contributed by atoms with Crippen LogP contribution in [0, 0.1) is 10.7 Å². The highest BCUT2D eigenvalue weighted by Gasteiger charge is 2.23. The molecule has 2 aromatic heterocycles. The molecule has 0 amide bonds. The third kappa shape index (κ3) is 1.55. The van der Waals surface area contributed by atoms with Crippen LogP contribution < -0.4 is 5.56 Å². The van der Waals surface area contributed by atoms with Crippen LogP contribution in [0.4, 0.5) is 0 Å². The largest absolute Gasteiger partial charge is 0.331 e. The fourth-order valence-corrected chi connectivity index (χ4v) is 2.76. The molecule has 1 saturated carbocycles. The first-order chi connectivity index (χ1) is 7.25. The van der Waals surface area contributed by atoms with Crippen LogP contribution in [0.3, 0.4) is 0 Å². The topological polar surface area (TPSA) is 37.8 Å². The van der Waals surface area contributed by atoms with Crippen LogP contribution in [0.25, 0.3) is 10.2 Å². The van der Waals surface area contributed by atoms with Crippen molar-refractivity contribution in [3.05, 3.63) is 26.6 Å². The summed E-state index contributed by atoms with van der Waals surface area (Å²) in [5.74, 6) is 0.662. The molecule has 1 fully saturated rings. The van der Waals surface area contributed by atoms with Gasteiger partial charge in [-0.2, -0.15) is 0 Å². The molecule has 78 valence electrons. The zero-order valence-electron chi connectivity index (χ0n) is 8.03. The maximum absolute atomic E-state index is 12.1. The van der Waals surface area contributed by atoms with E-state index in [-0.39, 0.29) is 5.56 Å². The van der Waals surface area contributed by atoms with Gasteiger partial charge in [-0.25, -0.2) is 0 Å². The van der Waals surface area contributed by atoms with Crippen molar-refractivity contribution < 1.29 is 0 Å². The highest BCUT2D eigenvalue weighted by atomic mass is 32.1. The van der Waals surface area contributed by atoms with Gasteiger partial charge < -0.3 is 4.98 Å². The maximum Gasteiger partial charge on any atom is 0.272 e. The number of aromatic amines is 1. The monoisotopic (exact) mass is 238 g/mol. The van der Waals surface area contributed by atoms with Crippen LogP contribution >= 0.6 is 23.6 Å². The first kappa shape index (κ1) is 9.30. The summed E-state index contributed by atoms with van der Waals surface area (Å²) in [6, 6.07) is 1.90. The van der Waals surface area contributed by atoms with E-state index in [0.29, 0.717) is 10.7 Å². The quantitative estimate of drug-likeness (QED) is 0.816. The van der Waals surface area contributed by atoms with Crippen molar-refractivity contribution in [1.82, 2.24) is 9.55 Å². The van der Waals surface area contributed by atoms with Crippen molar-refractivity contribution in [2.45, 2.75) is 19.4 Å². The number of rotatable bonds is 2. The predicted octanol–water partition coefficient (Wildman–Crippen LogP) is 2.53. The van der Waals surface area contributed by atoms with Gasteiger partial charge in [0, 0.05) is 6.54 Å². The summed E-state index contributed by atoms with van der Waals surface area (Å²) in [6.07, 6.45) is 2.45. The average Bonchev–Trinajstić information content (AvgIpc) is 2.90. The van der Waals surface area contributed by atoms with Gasteiger partial charge >= 0.3 is 0 Å². The highest BCUT2D eigenvalue weighted by Crippen LogP contribution is 2.30. The number of H-pyrrole nitrogens is 1. The number of aromatic nitrogens is 2. The molecule has 3 nitrogen and oxygen atoms in total. The van der Waals surface area contributed by atoms with E-state index in [4.69, 9.17) is 12.2 Å². The summed E-state index contributed by atoms with van der Waals surface area (Å²) in [6.45, 7) is 0.780. The minimum atomic E-state index is 0.0654. The van der Waals surface area contributed by atoms with Crippen molar-refractivity contribution in [1.29, 1.82) is 0 Å². The maximum atomic E-state index is 12.1. The Morgan fingerprint density at radius 1 is 1.60 bits per heavy atom. The molecule has 0 aromatic carbocycles. The molecule has 0 saturated heterocycles. The number of nitrogens with zero attached hydrogens (tertiary/aromatic N) is 1. The van der Waals surface area contributed by atoms with Gasteiger partial charge in [0.2, 0.25) is 0 Å². The zero-order valence-corrected chi connectivity index (χ0v) is 9.66. The van der Waals surface area contributed by atoms with Gasteiger partial charge in [-0.1, -0.05) is 0 Å². The first-order valence-corrected chi connectivity index (χ1v) is 6.25. The van der Waals surface area contributed by atoms with Gasteiger partial charge in [-0.05, 0) is 42.4 Å². The molecule has 1 aliphatic rings. The summed E-state index contributed by atoms with van der Waals surface area (Å²) < 4.78 is 3.04. The van der Waals surface area contributed by atoms with Gasteiger partial charge in [-0.15, -0.1) is 11.3 Å². The minimum Gasteiger partial charge on any atom is -0.331 e. The van der Waals surface area contributed by atoms with Crippen molar-refractivity contribution in [2.24, 2.45) is 5.92 Å². The van der Waals surface area contributed by atoms with E-state index < -0.39 is 0 Å². The average molecular weight is 238 g/mol. The fraction of sp³-hybridized carbons (Fsp3) is 0.400. The molecule has 2 heterocycles. The Hall–Kier alpha value is -0.940. The van der Waals surface area contributed by atoms with Crippen LogP contribution in [0.15, 0.2) is 16.2 Å². The Balaban J connectivity index is 2.26. The van der Waals surface area contributed by atoms with E-state index >= 15 is 0 Å². The third-order valence-electron chi connectivity index (χ3n) is 2.73. The SMILES string of the molecule is O=c1c2sccc2[nH]c(=S)n1CC1CC1. The number of hydrogen-bond donors (Lipinski definition) is 1. The molecule has 0 radical (unpaired) electrons. The molecular weight excluding hydrogens is 228 g/mol. The van der Waals surface area contributed by atoms with E-state index in [1.54, 1.807) is 4.57 Å². The van der Waals surface area contributed by atoms with Crippen LogP contribution in [0.5, 0.6) is 0 Å². The van der Waals surface area contributed by atoms with Crippen LogP contribution in [0.2, 0.25) is 0 Å². The minimum absolute atomic E-state index is 0.0654. The first-order valence-electron chi connectivity index (χ1n) is 4.96. The third-order valence-corrected chi connectivity index (χ3v) is 3.95. The lowest BCUT2D eigenvalue weighted by atomic mass is 10.4. The highest BCUT2D eigenvalue weighted by molar-refractivity contribution is 7.71. The van der Waals surface area contributed by atoms with E-state index in [2.05, 4.69) is 4.98 Å². The Morgan fingerprint density at radius 3 is 3.13 bits per heavy atom. The summed E-state index contributed by atoms with van der Waals surface area (Å²) in [5, 5.41) is 1.92. The molecule has 0 spiro atoms. The molecule has 15 heavy (non-hydrogen) atoms. The Kier molecular flexibility index (Phi) is 2.03. The second-order valence-electron chi connectivity index (χ2n) is 3.95. The Labute approximate surface area is 95.4 Å². The fourth-order valence-electron chi connectivity index (χ4n) is 1.70. The number of nitrogens with one attached hydrogen (secondary N) is 1. The molecular formula is C10H10N2OS2. The van der Waals surface area contributed by atoms with Crippen molar-refractivity contribution in [2.75, 3.05) is 0 Å². The number of thiophene rings is 1. The lowest BCUT2D eigenvalue weighted by molar-refractivity contribution is 0.594. The number of fused-ring (bicyclic) bond motifs is 1. The Bertz CT molecular complexity index is 618. The van der Waals surface area contributed by atoms with E-state index in [1.165, 1.54) is 24.2 Å². The van der Waals surface area contributed by atoms with Crippen LogP contribution in [0.1, 0.15) is 12.8 Å². The summed E-state index contributed by atoms with van der Waals surface area (Å²) in [4.78, 5) is 15.2. The summed E-state index contributed by atoms with van der Waals surface area (Å²) >= 11 is 6.66. The molecule has 0 atom stereocenters. The van der Waals surface area contributed by atoms with Gasteiger partial charge in [0.05, 0.1) is 5.52 Å². The van der Waals surface area contributed by atoms with Crippen LogP contribution in [-0.2, 0) is 6.54 Å². The molecule has 1 N–H and O–H groups in total. The normalized spacial score (nSPS) is 16.0. The van der Waals surface area contributed by atoms with Gasteiger partial charge in [0.1, 0.15) is 4.70 Å². The van der Waals surface area contributed by atoms with Crippen molar-refractivity contribution >= 4 is 33.8 Å². The molecule has 1 aliphatic carbocycles. The molecule has 0 aliphatic heterocycles. The zero-order chi connectivity index (χ0) is 10.4. The number of hydrogen-bond acceptors (Lipinski definition) is 3. The van der Waals surface area contributed by atoms with Gasteiger partial charge in [0.25, 0.3) is 5.56 Å². The summed E-state index contributed by atoms with van der Waals surface area (Å²) in [7, 11) is 0. The van der Waals surface area contributed by atoms with Crippen LogP contribution in [-0.4, -0.2) is 9.55 Å². The standard InChI is InChI=1S/C10H10N2OS2/c13-9-8-7(3-4-15-8)11-10(14)12(9)5-6-1-2-6/h3-4,6H,1-2,5H2,(H,11,14). The smallest absolute Gasteiger partial charge is 0.272 e. The van der Waals surface area contributed by atoms with E-state index in [9.17, 15) is 4.79 Å². The molecule has 0 unspecified atom stereocenters. The Morgan fingerprint density at radius 2 is 2.40 bits per heavy atom. The molecule has 3 rings (SSSR count). The molecule has 2 aromatic rings. The van der Waals surface area contributed by atoms with Crippen molar-refractivity contribution in [3.8, 4) is 0 Å². The van der Waals surface area contributed by atoms with Gasteiger partial charge in [-0.3, -0.25) is 9.36 Å². The van der Waals surface area contributed by atoms with Crippen molar-refractivity contribution in [3.63, 3.8) is 0 Å². The summed E-state index contributed by atoms with van der Waals surface area (Å²) in [5.41, 5.74) is 0.928. The second kappa shape index (κ2) is 3.28. The molecule has 0 bridgehead atoms. The lowest BCUT2D eigenvalue weighted by Gasteiger charge is -2.04. The van der Waals surface area contributed by atoms with Gasteiger partial charge in [0.15, 0.2) is 4.77 Å². The second-order valence-corrected chi connectivity index (χ2v) is 5.26. The van der Waals surface area contributed by atoms with E-state index in [0.717, 1.165) is 16.8 Å². The molecule has 5 heteroatoms. The lowest BCUT2D eigenvalue weighted by Crippen LogP contribution is -2.22. The predicted molar refractivity (Wildman–Crippen MR) is 64.0 cm³/mol. The van der Waals surface area contributed by atoms with E-state index in [1.807, 2.05) is 11.4 Å².